The lowest BCUT2D eigenvalue weighted by Crippen LogP contribution is -2.46. The lowest BCUT2D eigenvalue weighted by atomic mass is 9.92. The highest BCUT2D eigenvalue weighted by Gasteiger charge is 2.26. The molecule has 2 aromatic carbocycles. The molecule has 0 radical (unpaired) electrons. The monoisotopic (exact) mass is 686 g/mol. The number of carbonyl (C=O) groups excluding carboxylic acids is 4. The molecular weight excluding hydrogens is 634 g/mol. The fourth-order valence-electron chi connectivity index (χ4n) is 6.30. The number of aliphatic hydroxyl groups is 2. The number of aryl methyl sites for hydroxylation is 1. The Morgan fingerprint density at radius 3 is 2.18 bits per heavy atom. The van der Waals surface area contributed by atoms with Gasteiger partial charge in [-0.3, -0.25) is 19.2 Å². The predicted molar refractivity (Wildman–Crippen MR) is 183 cm³/mol. The van der Waals surface area contributed by atoms with Gasteiger partial charge in [0.2, 0.25) is 11.8 Å². The number of hydrogen-bond acceptors (Lipinski definition) is 6. The molecule has 1 aliphatic heterocycles. The van der Waals surface area contributed by atoms with E-state index in [9.17, 15) is 33.1 Å². The average Bonchev–Trinajstić information content (AvgIpc) is 3.06. The molecule has 0 unspecified atom stereocenters. The SMILES string of the molecule is CCCN(CCC)C(=O)c1cc(C)cc(C(=O)N[C@@H](Cc2cc(F)cc(F)c2)[C@@H](O)CCNC(=O)CCC2CCN(C(=O)CCO)CC2)c1. The molecule has 1 heterocycles. The minimum Gasteiger partial charge on any atom is -0.396 e. The van der Waals surface area contributed by atoms with Crippen molar-refractivity contribution >= 4 is 23.6 Å². The Bertz CT molecular complexity index is 1390. The van der Waals surface area contributed by atoms with Crippen molar-refractivity contribution < 1.29 is 38.2 Å². The van der Waals surface area contributed by atoms with E-state index in [4.69, 9.17) is 5.11 Å². The lowest BCUT2D eigenvalue weighted by molar-refractivity contribution is -0.133. The second-order valence-electron chi connectivity index (χ2n) is 13.0. The van der Waals surface area contributed by atoms with E-state index < -0.39 is 29.7 Å². The standard InChI is InChI=1S/C37H52F2N4O6/c1-4-13-43(14-5-2)37(49)29-19-25(3)18-28(23-29)36(48)41-32(22-27-20-30(38)24-31(39)21-27)33(45)8-12-40-34(46)7-6-26-9-15-42(16-10-26)35(47)11-17-44/h18-21,23-24,26,32-33,44-45H,4-17,22H2,1-3H3,(H,40,46)(H,41,48)/t32-,33-/m0/s1. The van der Waals surface area contributed by atoms with Crippen LogP contribution in [0.2, 0.25) is 0 Å². The molecule has 0 aliphatic carbocycles. The maximum atomic E-state index is 14.0. The van der Waals surface area contributed by atoms with Gasteiger partial charge in [0.15, 0.2) is 0 Å². The molecule has 49 heavy (non-hydrogen) atoms. The van der Waals surface area contributed by atoms with Crippen LogP contribution in [0.1, 0.15) is 97.1 Å². The van der Waals surface area contributed by atoms with Gasteiger partial charge < -0.3 is 30.6 Å². The van der Waals surface area contributed by atoms with Crippen molar-refractivity contribution in [2.24, 2.45) is 5.92 Å². The van der Waals surface area contributed by atoms with Crippen LogP contribution in [0.3, 0.4) is 0 Å². The van der Waals surface area contributed by atoms with E-state index in [1.165, 1.54) is 6.07 Å². The summed E-state index contributed by atoms with van der Waals surface area (Å²) in [5, 5.41) is 25.8. The summed E-state index contributed by atoms with van der Waals surface area (Å²) >= 11 is 0. The topological polar surface area (TPSA) is 139 Å². The molecular formula is C37H52F2N4O6. The van der Waals surface area contributed by atoms with Crippen molar-refractivity contribution in [3.63, 3.8) is 0 Å². The summed E-state index contributed by atoms with van der Waals surface area (Å²) in [7, 11) is 0. The lowest BCUT2D eigenvalue weighted by Gasteiger charge is -2.32. The summed E-state index contributed by atoms with van der Waals surface area (Å²) in [5.41, 5.74) is 1.54. The van der Waals surface area contributed by atoms with Crippen LogP contribution in [0.25, 0.3) is 0 Å². The van der Waals surface area contributed by atoms with Crippen LogP contribution in [0, 0.1) is 24.5 Å². The molecule has 1 fully saturated rings. The normalized spacial score (nSPS) is 14.6. The number of hydrogen-bond donors (Lipinski definition) is 4. The van der Waals surface area contributed by atoms with Gasteiger partial charge in [-0.05, 0) is 99.2 Å². The average molecular weight is 687 g/mol. The second-order valence-corrected chi connectivity index (χ2v) is 13.0. The Morgan fingerprint density at radius 1 is 0.939 bits per heavy atom. The molecule has 2 aromatic rings. The van der Waals surface area contributed by atoms with Gasteiger partial charge in [0.05, 0.1) is 18.8 Å². The van der Waals surface area contributed by atoms with Crippen molar-refractivity contribution in [2.75, 3.05) is 39.3 Å². The van der Waals surface area contributed by atoms with Gasteiger partial charge in [0, 0.05) is 62.8 Å². The minimum absolute atomic E-state index is 0.0610. The number of benzene rings is 2. The van der Waals surface area contributed by atoms with E-state index in [1.54, 1.807) is 28.9 Å². The Balaban J connectivity index is 1.63. The van der Waals surface area contributed by atoms with Crippen molar-refractivity contribution in [2.45, 2.75) is 90.7 Å². The smallest absolute Gasteiger partial charge is 0.253 e. The molecule has 4 N–H and O–H groups in total. The quantitative estimate of drug-likeness (QED) is 0.186. The van der Waals surface area contributed by atoms with Crippen molar-refractivity contribution in [1.29, 1.82) is 0 Å². The van der Waals surface area contributed by atoms with E-state index in [-0.39, 0.29) is 67.7 Å². The highest BCUT2D eigenvalue weighted by molar-refractivity contribution is 6.00. The summed E-state index contributed by atoms with van der Waals surface area (Å²) < 4.78 is 28.1. The largest absolute Gasteiger partial charge is 0.396 e. The summed E-state index contributed by atoms with van der Waals surface area (Å²) in [4.78, 5) is 54.9. The van der Waals surface area contributed by atoms with Crippen molar-refractivity contribution in [3.05, 3.63) is 70.3 Å². The highest BCUT2D eigenvalue weighted by atomic mass is 19.1. The summed E-state index contributed by atoms with van der Waals surface area (Å²) in [5.74, 6) is -2.23. The Hall–Kier alpha value is -3.90. The van der Waals surface area contributed by atoms with Crippen LogP contribution >= 0.6 is 0 Å². The van der Waals surface area contributed by atoms with E-state index in [2.05, 4.69) is 10.6 Å². The fraction of sp³-hybridized carbons (Fsp3) is 0.568. The number of aliphatic hydroxyl groups excluding tert-OH is 2. The first kappa shape index (κ1) is 39.5. The number of carbonyl (C=O) groups is 4. The molecule has 270 valence electrons. The first-order valence-corrected chi connectivity index (χ1v) is 17.4. The zero-order chi connectivity index (χ0) is 35.9. The molecule has 1 aliphatic rings. The van der Waals surface area contributed by atoms with Crippen LogP contribution in [0.4, 0.5) is 8.78 Å². The van der Waals surface area contributed by atoms with Crippen LogP contribution in [0.15, 0.2) is 36.4 Å². The maximum Gasteiger partial charge on any atom is 0.253 e. The summed E-state index contributed by atoms with van der Waals surface area (Å²) in [6.07, 6.45) is 3.05. The minimum atomic E-state index is -1.17. The highest BCUT2D eigenvalue weighted by Crippen LogP contribution is 2.22. The number of nitrogens with zero attached hydrogens (tertiary/aromatic N) is 2. The van der Waals surface area contributed by atoms with Gasteiger partial charge in [0.25, 0.3) is 11.8 Å². The van der Waals surface area contributed by atoms with Gasteiger partial charge in [-0.15, -0.1) is 0 Å². The van der Waals surface area contributed by atoms with Gasteiger partial charge in [-0.1, -0.05) is 13.8 Å². The third-order valence-corrected chi connectivity index (χ3v) is 8.85. The molecule has 12 heteroatoms. The summed E-state index contributed by atoms with van der Waals surface area (Å²) in [6.45, 7) is 8.10. The Labute approximate surface area is 288 Å². The molecule has 0 spiro atoms. The van der Waals surface area contributed by atoms with Gasteiger partial charge in [-0.2, -0.15) is 0 Å². The number of nitrogens with one attached hydrogen (secondary N) is 2. The predicted octanol–water partition coefficient (Wildman–Crippen LogP) is 4.14. The molecule has 3 rings (SSSR count). The van der Waals surface area contributed by atoms with Crippen LogP contribution in [0.5, 0.6) is 0 Å². The first-order valence-electron chi connectivity index (χ1n) is 17.4. The zero-order valence-corrected chi connectivity index (χ0v) is 29.0. The Kier molecular flexibility index (Phi) is 16.1. The van der Waals surface area contributed by atoms with Crippen LogP contribution in [-0.4, -0.2) is 95.1 Å². The molecule has 0 aromatic heterocycles. The molecule has 0 bridgehead atoms. The number of halogens is 2. The number of likely N-dealkylation sites (tertiary alicyclic amines) is 1. The van der Waals surface area contributed by atoms with Crippen molar-refractivity contribution in [3.8, 4) is 0 Å². The van der Waals surface area contributed by atoms with Crippen LogP contribution < -0.4 is 10.6 Å². The third kappa shape index (κ3) is 12.8. The van der Waals surface area contributed by atoms with E-state index in [0.29, 0.717) is 49.6 Å². The number of piperidine rings is 1. The fourth-order valence-corrected chi connectivity index (χ4v) is 6.30. The van der Waals surface area contributed by atoms with Gasteiger partial charge in [0.1, 0.15) is 11.6 Å². The first-order chi connectivity index (χ1) is 23.4. The van der Waals surface area contributed by atoms with E-state index >= 15 is 0 Å². The van der Waals surface area contributed by atoms with Gasteiger partial charge >= 0.3 is 0 Å². The van der Waals surface area contributed by atoms with E-state index in [0.717, 1.165) is 43.9 Å². The molecule has 1 saturated heterocycles. The van der Waals surface area contributed by atoms with Gasteiger partial charge in [-0.25, -0.2) is 8.78 Å². The molecule has 10 nitrogen and oxygen atoms in total. The number of rotatable bonds is 18. The van der Waals surface area contributed by atoms with Crippen molar-refractivity contribution in [1.82, 2.24) is 20.4 Å². The molecule has 4 amide bonds. The molecule has 2 atom stereocenters. The maximum absolute atomic E-state index is 14.0. The third-order valence-electron chi connectivity index (χ3n) is 8.85. The second kappa shape index (κ2) is 19.9. The van der Waals surface area contributed by atoms with Crippen LogP contribution in [-0.2, 0) is 16.0 Å². The van der Waals surface area contributed by atoms with E-state index in [1.807, 2.05) is 13.8 Å². The molecule has 0 saturated carbocycles. The zero-order valence-electron chi connectivity index (χ0n) is 29.0. The summed E-state index contributed by atoms with van der Waals surface area (Å²) in [6, 6.07) is 6.96. The number of amides is 4. The Morgan fingerprint density at radius 2 is 1.57 bits per heavy atom.